The fraction of sp³-hybridized carbons (Fsp3) is 0.238. The van der Waals surface area contributed by atoms with Gasteiger partial charge < -0.3 is 4.74 Å². The number of carbonyl (C=O) groups excluding carboxylic acids is 3. The molecular formula is C21H18N4O5S. The molecule has 3 aromatic rings. The molecule has 0 saturated carbocycles. The van der Waals surface area contributed by atoms with Crippen molar-refractivity contribution in [2.45, 2.75) is 19.2 Å². The Morgan fingerprint density at radius 1 is 1.03 bits per heavy atom. The number of esters is 1. The van der Waals surface area contributed by atoms with E-state index in [9.17, 15) is 19.2 Å². The highest BCUT2D eigenvalue weighted by molar-refractivity contribution is 7.98. The lowest BCUT2D eigenvalue weighted by molar-refractivity contribution is -0.153. The molecule has 1 atom stereocenters. The molecule has 1 aliphatic rings. The third-order valence-electron chi connectivity index (χ3n) is 4.96. The average Bonchev–Trinajstić information content (AvgIpc) is 3.04. The van der Waals surface area contributed by atoms with Crippen LogP contribution in [0.4, 0.5) is 0 Å². The van der Waals surface area contributed by atoms with E-state index in [0.717, 1.165) is 9.58 Å². The van der Waals surface area contributed by atoms with Crippen LogP contribution in [0.1, 0.15) is 27.1 Å². The number of nitrogens with zero attached hydrogens (tertiary/aromatic N) is 4. The Labute approximate surface area is 181 Å². The summed E-state index contributed by atoms with van der Waals surface area (Å²) >= 11 is 1.48. The molecule has 2 amide bonds. The molecule has 2 heterocycles. The minimum Gasteiger partial charge on any atom is -0.441 e. The molecule has 2 aromatic carbocycles. The third kappa shape index (κ3) is 3.81. The normalized spacial score (nSPS) is 14.0. The van der Waals surface area contributed by atoms with E-state index in [0.29, 0.717) is 16.7 Å². The van der Waals surface area contributed by atoms with Crippen molar-refractivity contribution >= 4 is 40.4 Å². The molecule has 1 aliphatic heterocycles. The van der Waals surface area contributed by atoms with Gasteiger partial charge in [0.2, 0.25) is 0 Å². The van der Waals surface area contributed by atoms with E-state index < -0.39 is 36.1 Å². The first-order chi connectivity index (χ1) is 15.0. The topological polar surface area (TPSA) is 111 Å². The Morgan fingerprint density at radius 2 is 1.68 bits per heavy atom. The second kappa shape index (κ2) is 8.68. The van der Waals surface area contributed by atoms with E-state index in [4.69, 9.17) is 4.74 Å². The van der Waals surface area contributed by atoms with E-state index in [1.54, 1.807) is 48.5 Å². The van der Waals surface area contributed by atoms with E-state index >= 15 is 0 Å². The van der Waals surface area contributed by atoms with Gasteiger partial charge in [-0.25, -0.2) is 4.79 Å². The number of fused-ring (bicyclic) bond motifs is 2. The van der Waals surface area contributed by atoms with E-state index in [-0.39, 0.29) is 17.5 Å². The number of benzene rings is 2. The maximum absolute atomic E-state index is 12.9. The maximum Gasteiger partial charge on any atom is 0.331 e. The second-order valence-electron chi connectivity index (χ2n) is 6.83. The quantitative estimate of drug-likeness (QED) is 0.405. The van der Waals surface area contributed by atoms with Crippen LogP contribution in [0, 0.1) is 0 Å². The third-order valence-corrected chi connectivity index (χ3v) is 5.61. The number of imide groups is 1. The molecule has 0 saturated heterocycles. The molecule has 9 nitrogen and oxygen atoms in total. The van der Waals surface area contributed by atoms with E-state index in [1.807, 2.05) is 6.26 Å². The monoisotopic (exact) mass is 438 g/mol. The zero-order chi connectivity index (χ0) is 22.0. The van der Waals surface area contributed by atoms with Gasteiger partial charge in [0.15, 0.2) is 6.73 Å². The van der Waals surface area contributed by atoms with Gasteiger partial charge in [-0.05, 0) is 42.7 Å². The SMILES string of the molecule is CSCC[C@H](C(=O)OCn1nnc2ccccc2c1=O)N1C(=O)c2ccccc2C1=O. The van der Waals surface area contributed by atoms with Crippen LogP contribution in [0.5, 0.6) is 0 Å². The van der Waals surface area contributed by atoms with Crippen molar-refractivity contribution in [3.05, 3.63) is 70.0 Å². The number of thioether (sulfide) groups is 1. The van der Waals surface area contributed by atoms with Crippen LogP contribution in [0.15, 0.2) is 53.3 Å². The molecule has 10 heteroatoms. The first-order valence-corrected chi connectivity index (χ1v) is 10.9. The average molecular weight is 438 g/mol. The Hall–Kier alpha value is -3.53. The molecule has 0 fully saturated rings. The summed E-state index contributed by atoms with van der Waals surface area (Å²) in [6.45, 7) is -0.478. The van der Waals surface area contributed by atoms with Gasteiger partial charge >= 0.3 is 5.97 Å². The number of ether oxygens (including phenoxy) is 1. The van der Waals surface area contributed by atoms with Crippen LogP contribution < -0.4 is 5.56 Å². The number of amides is 2. The lowest BCUT2D eigenvalue weighted by Crippen LogP contribution is -2.46. The number of rotatable bonds is 7. The molecule has 158 valence electrons. The van der Waals surface area contributed by atoms with Crippen molar-refractivity contribution in [1.29, 1.82) is 0 Å². The van der Waals surface area contributed by atoms with Gasteiger partial charge in [0.1, 0.15) is 11.6 Å². The maximum atomic E-state index is 12.9. The first kappa shape index (κ1) is 20.7. The highest BCUT2D eigenvalue weighted by atomic mass is 32.2. The van der Waals surface area contributed by atoms with Gasteiger partial charge in [0.25, 0.3) is 17.4 Å². The van der Waals surface area contributed by atoms with Crippen molar-refractivity contribution < 1.29 is 19.1 Å². The van der Waals surface area contributed by atoms with Crippen molar-refractivity contribution in [2.75, 3.05) is 12.0 Å². The van der Waals surface area contributed by atoms with Crippen molar-refractivity contribution in [2.24, 2.45) is 0 Å². The summed E-state index contributed by atoms with van der Waals surface area (Å²) < 4.78 is 6.22. The summed E-state index contributed by atoms with van der Waals surface area (Å²) in [5, 5.41) is 8.07. The molecule has 1 aromatic heterocycles. The number of aromatic nitrogens is 3. The predicted octanol–water partition coefficient (Wildman–Crippen LogP) is 1.71. The zero-order valence-electron chi connectivity index (χ0n) is 16.6. The summed E-state index contributed by atoms with van der Waals surface area (Å²) in [5.74, 6) is -1.33. The van der Waals surface area contributed by atoms with E-state index in [2.05, 4.69) is 10.3 Å². The summed E-state index contributed by atoms with van der Waals surface area (Å²) in [5.41, 5.74) is 0.482. The van der Waals surface area contributed by atoms with Gasteiger partial charge in [0, 0.05) is 0 Å². The van der Waals surface area contributed by atoms with Gasteiger partial charge in [-0.15, -0.1) is 5.10 Å². The van der Waals surface area contributed by atoms with Gasteiger partial charge in [0.05, 0.1) is 16.5 Å². The minimum atomic E-state index is -1.11. The van der Waals surface area contributed by atoms with Gasteiger partial charge in [-0.3, -0.25) is 19.3 Å². The summed E-state index contributed by atoms with van der Waals surface area (Å²) in [6.07, 6.45) is 2.08. The molecule has 0 bridgehead atoms. The van der Waals surface area contributed by atoms with Crippen molar-refractivity contribution in [3.8, 4) is 0 Å². The fourth-order valence-electron chi connectivity index (χ4n) is 3.40. The van der Waals surface area contributed by atoms with E-state index in [1.165, 1.54) is 11.8 Å². The van der Waals surface area contributed by atoms with Crippen LogP contribution in [-0.4, -0.2) is 55.7 Å². The van der Waals surface area contributed by atoms with Gasteiger partial charge in [-0.1, -0.05) is 29.5 Å². The van der Waals surface area contributed by atoms with Crippen LogP contribution in [0.2, 0.25) is 0 Å². The molecule has 0 unspecified atom stereocenters. The summed E-state index contributed by atoms with van der Waals surface area (Å²) in [6, 6.07) is 12.0. The molecule has 31 heavy (non-hydrogen) atoms. The van der Waals surface area contributed by atoms with Crippen molar-refractivity contribution in [3.63, 3.8) is 0 Å². The highest BCUT2D eigenvalue weighted by Crippen LogP contribution is 2.26. The van der Waals surface area contributed by atoms with Crippen molar-refractivity contribution in [1.82, 2.24) is 19.9 Å². The molecule has 0 aliphatic carbocycles. The Kier molecular flexibility index (Phi) is 5.81. The lowest BCUT2D eigenvalue weighted by atomic mass is 10.1. The largest absolute Gasteiger partial charge is 0.441 e. The minimum absolute atomic E-state index is 0.226. The number of hydrogen-bond donors (Lipinski definition) is 0. The standard InChI is InChI=1S/C21H18N4O5S/c1-31-11-10-17(25-19(27)13-6-2-3-7-14(13)20(25)28)21(29)30-12-24-18(26)15-8-4-5-9-16(15)22-23-24/h2-9,17H,10-12H2,1H3/t17-/m1/s1. The van der Waals surface area contributed by atoms with Crippen LogP contribution in [0.25, 0.3) is 10.9 Å². The molecule has 0 N–H and O–H groups in total. The first-order valence-electron chi connectivity index (χ1n) is 9.48. The Balaban J connectivity index is 1.56. The molecular weight excluding hydrogens is 420 g/mol. The molecule has 0 radical (unpaired) electrons. The Morgan fingerprint density at radius 3 is 2.35 bits per heavy atom. The summed E-state index contributed by atoms with van der Waals surface area (Å²) in [7, 11) is 0. The number of carbonyl (C=O) groups is 3. The number of hydrogen-bond acceptors (Lipinski definition) is 8. The molecule has 0 spiro atoms. The summed E-state index contributed by atoms with van der Waals surface area (Å²) in [4.78, 5) is 52.0. The fourth-order valence-corrected chi connectivity index (χ4v) is 3.86. The van der Waals surface area contributed by atoms with Crippen LogP contribution in [0.3, 0.4) is 0 Å². The zero-order valence-corrected chi connectivity index (χ0v) is 17.4. The second-order valence-corrected chi connectivity index (χ2v) is 7.81. The van der Waals surface area contributed by atoms with Crippen LogP contribution in [-0.2, 0) is 16.3 Å². The smallest absolute Gasteiger partial charge is 0.331 e. The van der Waals surface area contributed by atoms with Gasteiger partial charge in [-0.2, -0.15) is 16.4 Å². The Bertz CT molecular complexity index is 1210. The highest BCUT2D eigenvalue weighted by Gasteiger charge is 2.43. The lowest BCUT2D eigenvalue weighted by Gasteiger charge is -2.24. The van der Waals surface area contributed by atoms with Crippen LogP contribution >= 0.6 is 11.8 Å². The predicted molar refractivity (Wildman–Crippen MR) is 114 cm³/mol. The molecule has 4 rings (SSSR count).